The van der Waals surface area contributed by atoms with E-state index in [0.29, 0.717) is 0 Å². The molecule has 0 N–H and O–H groups in total. The van der Waals surface area contributed by atoms with E-state index in [1.807, 2.05) is 20.8 Å². The van der Waals surface area contributed by atoms with E-state index in [9.17, 15) is 0 Å². The Hall–Kier alpha value is -1.57. The van der Waals surface area contributed by atoms with Gasteiger partial charge in [-0.05, 0) is 39.2 Å². The summed E-state index contributed by atoms with van der Waals surface area (Å²) in [7, 11) is 0. The van der Waals surface area contributed by atoms with Crippen molar-refractivity contribution >= 4 is 11.6 Å². The quantitative estimate of drug-likeness (QED) is 0.710. The molecule has 2 heteroatoms. The van der Waals surface area contributed by atoms with Crippen LogP contribution in [0.1, 0.15) is 64.3 Å². The fourth-order valence-corrected chi connectivity index (χ4v) is 1.77. The molecule has 2 rings (SSSR count). The molecule has 0 atom stereocenters. The van der Waals surface area contributed by atoms with E-state index in [-0.39, 0.29) is 0 Å². The maximum atomic E-state index is 5.72. The molecule has 1 aromatic heterocycles. The Morgan fingerprint density at radius 3 is 2.68 bits per heavy atom. The van der Waals surface area contributed by atoms with Crippen LogP contribution in [0.5, 0.6) is 0 Å². The molecular weight excluding hydrogens is 234 g/mol. The van der Waals surface area contributed by atoms with E-state index in [4.69, 9.17) is 4.42 Å². The Balaban J connectivity index is 0.000000861. The highest BCUT2D eigenvalue weighted by atomic mass is 16.4. The maximum absolute atomic E-state index is 5.72. The second-order valence-electron chi connectivity index (χ2n) is 4.44. The number of rotatable bonds is 3. The molecule has 1 aliphatic carbocycles. The maximum Gasteiger partial charge on any atom is 0.226 e. The third kappa shape index (κ3) is 4.23. The zero-order valence-electron chi connectivity index (χ0n) is 12.8. The fourth-order valence-electron chi connectivity index (χ4n) is 1.77. The molecule has 2 nitrogen and oxygen atoms in total. The molecule has 1 heterocycles. The van der Waals surface area contributed by atoms with Crippen LogP contribution in [0.25, 0.3) is 11.6 Å². The van der Waals surface area contributed by atoms with Gasteiger partial charge >= 0.3 is 0 Å². The number of oxazole rings is 1. The van der Waals surface area contributed by atoms with Crippen molar-refractivity contribution in [3.63, 3.8) is 0 Å². The fraction of sp³-hybridized carbons (Fsp3) is 0.471. The zero-order valence-corrected chi connectivity index (χ0v) is 12.8. The number of aromatic nitrogens is 1. The monoisotopic (exact) mass is 259 g/mol. The summed E-state index contributed by atoms with van der Waals surface area (Å²) in [4.78, 5) is 4.56. The van der Waals surface area contributed by atoms with Crippen molar-refractivity contribution in [2.45, 2.75) is 53.9 Å². The molecule has 104 valence electrons. The van der Waals surface area contributed by atoms with Crippen LogP contribution in [0.4, 0.5) is 0 Å². The van der Waals surface area contributed by atoms with Crippen LogP contribution in [0.15, 0.2) is 28.2 Å². The van der Waals surface area contributed by atoms with Gasteiger partial charge in [-0.15, -0.1) is 0 Å². The molecule has 0 amide bonds. The molecule has 0 spiro atoms. The number of hydrogen-bond donors (Lipinski definition) is 0. The summed E-state index contributed by atoms with van der Waals surface area (Å²) < 4.78 is 5.72. The van der Waals surface area contributed by atoms with Gasteiger partial charge in [0.2, 0.25) is 5.89 Å². The lowest BCUT2D eigenvalue weighted by Crippen LogP contribution is -1.86. The van der Waals surface area contributed by atoms with Crippen LogP contribution in [0.3, 0.4) is 0 Å². The van der Waals surface area contributed by atoms with Crippen molar-refractivity contribution in [2.24, 2.45) is 0 Å². The lowest BCUT2D eigenvalue weighted by Gasteiger charge is -2.01. The van der Waals surface area contributed by atoms with Gasteiger partial charge in [-0.25, -0.2) is 4.98 Å². The van der Waals surface area contributed by atoms with Crippen LogP contribution in [-0.2, 0) is 0 Å². The Labute approximate surface area is 116 Å². The Morgan fingerprint density at radius 1 is 1.37 bits per heavy atom. The van der Waals surface area contributed by atoms with Gasteiger partial charge in [-0.2, -0.15) is 0 Å². The molecule has 0 radical (unpaired) electrons. The van der Waals surface area contributed by atoms with Crippen molar-refractivity contribution in [1.29, 1.82) is 0 Å². The summed E-state index contributed by atoms with van der Waals surface area (Å²) in [5, 5.41) is 0. The smallest absolute Gasteiger partial charge is 0.226 e. The van der Waals surface area contributed by atoms with Crippen LogP contribution < -0.4 is 0 Å². The summed E-state index contributed by atoms with van der Waals surface area (Å²) >= 11 is 0. The van der Waals surface area contributed by atoms with Gasteiger partial charge in [-0.3, -0.25) is 0 Å². The van der Waals surface area contributed by atoms with E-state index in [1.165, 1.54) is 5.57 Å². The van der Waals surface area contributed by atoms with E-state index in [0.717, 1.165) is 42.2 Å². The minimum Gasteiger partial charge on any atom is -0.441 e. The average Bonchev–Trinajstić information content (AvgIpc) is 2.83. The van der Waals surface area contributed by atoms with Gasteiger partial charge in [0.15, 0.2) is 0 Å². The zero-order chi connectivity index (χ0) is 14.3. The van der Waals surface area contributed by atoms with Gasteiger partial charge in [0, 0.05) is 5.57 Å². The summed E-state index contributed by atoms with van der Waals surface area (Å²) in [5.74, 6) is 1.64. The van der Waals surface area contributed by atoms with Gasteiger partial charge in [0.25, 0.3) is 0 Å². The molecule has 1 aromatic rings. The minimum atomic E-state index is 0.744. The molecule has 0 bridgehead atoms. The molecule has 1 aliphatic rings. The van der Waals surface area contributed by atoms with Gasteiger partial charge in [0.1, 0.15) is 11.5 Å². The minimum absolute atomic E-state index is 0.744. The molecule has 19 heavy (non-hydrogen) atoms. The first-order chi connectivity index (χ1) is 9.20. The summed E-state index contributed by atoms with van der Waals surface area (Å²) in [5.41, 5.74) is 3.38. The van der Waals surface area contributed by atoms with Crippen molar-refractivity contribution in [3.8, 4) is 0 Å². The third-order valence-corrected chi connectivity index (χ3v) is 3.02. The first-order valence-corrected chi connectivity index (χ1v) is 7.22. The lowest BCUT2D eigenvalue weighted by atomic mass is 10.1. The van der Waals surface area contributed by atoms with E-state index >= 15 is 0 Å². The van der Waals surface area contributed by atoms with E-state index < -0.39 is 0 Å². The van der Waals surface area contributed by atoms with E-state index in [1.54, 1.807) is 0 Å². The predicted octanol–water partition coefficient (Wildman–Crippen LogP) is 5.56. The first-order valence-electron chi connectivity index (χ1n) is 7.22. The summed E-state index contributed by atoms with van der Waals surface area (Å²) in [6, 6.07) is 0. The van der Waals surface area contributed by atoms with Crippen LogP contribution in [0.2, 0.25) is 0 Å². The molecule has 0 saturated heterocycles. The van der Waals surface area contributed by atoms with Crippen LogP contribution in [-0.4, -0.2) is 4.98 Å². The number of nitrogens with zero attached hydrogens (tertiary/aromatic N) is 1. The van der Waals surface area contributed by atoms with Gasteiger partial charge in [-0.1, -0.05) is 44.6 Å². The molecule has 0 unspecified atom stereocenters. The SMILES string of the molecule is CC.CC/C(C)=C\c1nc(C2=CCCC=C2)oc1C. The van der Waals surface area contributed by atoms with Crippen LogP contribution >= 0.6 is 0 Å². The van der Waals surface area contributed by atoms with E-state index in [2.05, 4.69) is 43.1 Å². The van der Waals surface area contributed by atoms with Crippen molar-refractivity contribution in [1.82, 2.24) is 4.98 Å². The van der Waals surface area contributed by atoms with Gasteiger partial charge in [0.05, 0.1) is 0 Å². The number of hydrogen-bond acceptors (Lipinski definition) is 2. The lowest BCUT2D eigenvalue weighted by molar-refractivity contribution is 0.513. The Bertz CT molecular complexity index is 489. The van der Waals surface area contributed by atoms with Crippen molar-refractivity contribution < 1.29 is 4.42 Å². The highest BCUT2D eigenvalue weighted by molar-refractivity contribution is 5.70. The second-order valence-corrected chi connectivity index (χ2v) is 4.44. The topological polar surface area (TPSA) is 26.0 Å². The predicted molar refractivity (Wildman–Crippen MR) is 82.9 cm³/mol. The van der Waals surface area contributed by atoms with Crippen molar-refractivity contribution in [2.75, 3.05) is 0 Å². The normalized spacial score (nSPS) is 14.8. The molecule has 0 aromatic carbocycles. The average molecular weight is 259 g/mol. The second kappa shape index (κ2) is 7.78. The first kappa shape index (κ1) is 15.5. The number of allylic oxidation sites excluding steroid dienone is 5. The Morgan fingerprint density at radius 2 is 2.11 bits per heavy atom. The largest absolute Gasteiger partial charge is 0.441 e. The Kier molecular flexibility index (Phi) is 6.34. The summed E-state index contributed by atoms with van der Waals surface area (Å²) in [6.07, 6.45) is 11.8. The van der Waals surface area contributed by atoms with Gasteiger partial charge < -0.3 is 4.42 Å². The highest BCUT2D eigenvalue weighted by Crippen LogP contribution is 2.24. The number of aryl methyl sites for hydroxylation is 1. The van der Waals surface area contributed by atoms with Crippen molar-refractivity contribution in [3.05, 3.63) is 41.1 Å². The highest BCUT2D eigenvalue weighted by Gasteiger charge is 2.11. The molecule has 0 aliphatic heterocycles. The standard InChI is InChI=1S/C15H19NO.C2H6/c1-4-11(2)10-14-12(3)17-15(16-14)13-8-6-5-7-9-13;1-2/h6,8-10H,4-5,7H2,1-3H3;1-2H3/b11-10-;. The molecule has 0 saturated carbocycles. The third-order valence-electron chi connectivity index (χ3n) is 3.02. The van der Waals surface area contributed by atoms with Crippen LogP contribution in [0, 0.1) is 6.92 Å². The molecule has 0 fully saturated rings. The summed E-state index contributed by atoms with van der Waals surface area (Å²) in [6.45, 7) is 10.2. The molecular formula is C17H25NO.